The average molecular weight is 218 g/mol. The smallest absolute Gasteiger partial charge is 0.249 e. The first kappa shape index (κ1) is 12.2. The van der Waals surface area contributed by atoms with Crippen LogP contribution in [0.5, 0.6) is 0 Å². The van der Waals surface area contributed by atoms with Crippen LogP contribution in [0.1, 0.15) is 5.56 Å². The molecule has 0 saturated carbocycles. The van der Waals surface area contributed by atoms with Gasteiger partial charge in [-0.2, -0.15) is 5.26 Å². The van der Waals surface area contributed by atoms with Gasteiger partial charge in [0.05, 0.1) is 6.07 Å². The third-order valence-electron chi connectivity index (χ3n) is 2.10. The predicted octanol–water partition coefficient (Wildman–Crippen LogP) is 1.19. The van der Waals surface area contributed by atoms with Crippen molar-refractivity contribution in [3.05, 3.63) is 35.9 Å². The highest BCUT2D eigenvalue weighted by Gasteiger charge is 2.12. The minimum atomic E-state index is -0.173. The summed E-state index contributed by atoms with van der Waals surface area (Å²) in [6, 6.07) is 11.5. The SMILES string of the molecule is COCC(=O)N(CC#N)Cc1ccccc1. The van der Waals surface area contributed by atoms with Crippen LogP contribution in [0, 0.1) is 11.3 Å². The normalized spacial score (nSPS) is 9.50. The molecule has 0 radical (unpaired) electrons. The van der Waals surface area contributed by atoms with Crippen molar-refractivity contribution in [2.45, 2.75) is 6.54 Å². The summed E-state index contributed by atoms with van der Waals surface area (Å²) in [7, 11) is 1.46. The van der Waals surface area contributed by atoms with Crippen LogP contribution in [-0.4, -0.2) is 31.1 Å². The molecular weight excluding hydrogens is 204 g/mol. The molecule has 1 rings (SSSR count). The summed E-state index contributed by atoms with van der Waals surface area (Å²) in [5, 5.41) is 8.65. The molecule has 0 spiro atoms. The fourth-order valence-corrected chi connectivity index (χ4v) is 1.34. The Kier molecular flexibility index (Phi) is 5.03. The Morgan fingerprint density at radius 3 is 2.69 bits per heavy atom. The second kappa shape index (κ2) is 6.59. The van der Waals surface area contributed by atoms with Gasteiger partial charge in [-0.15, -0.1) is 0 Å². The lowest BCUT2D eigenvalue weighted by molar-refractivity contribution is -0.135. The van der Waals surface area contributed by atoms with Crippen molar-refractivity contribution in [2.24, 2.45) is 0 Å². The summed E-state index contributed by atoms with van der Waals surface area (Å²) < 4.78 is 4.77. The Balaban J connectivity index is 2.65. The van der Waals surface area contributed by atoms with Crippen molar-refractivity contribution in [3.63, 3.8) is 0 Å². The largest absolute Gasteiger partial charge is 0.375 e. The maximum absolute atomic E-state index is 11.6. The molecule has 0 aromatic heterocycles. The minimum Gasteiger partial charge on any atom is -0.375 e. The lowest BCUT2D eigenvalue weighted by Crippen LogP contribution is -2.33. The molecule has 1 aromatic carbocycles. The molecular formula is C12H14N2O2. The third kappa shape index (κ3) is 3.71. The molecule has 0 aliphatic heterocycles. The van der Waals surface area contributed by atoms with Crippen LogP contribution in [-0.2, 0) is 16.1 Å². The van der Waals surface area contributed by atoms with Gasteiger partial charge in [-0.3, -0.25) is 4.79 Å². The van der Waals surface area contributed by atoms with E-state index in [1.54, 1.807) is 0 Å². The molecule has 0 bridgehead atoms. The van der Waals surface area contributed by atoms with E-state index in [4.69, 9.17) is 10.00 Å². The number of hydrogen-bond acceptors (Lipinski definition) is 3. The number of ether oxygens (including phenoxy) is 1. The van der Waals surface area contributed by atoms with E-state index in [2.05, 4.69) is 0 Å². The van der Waals surface area contributed by atoms with Crippen molar-refractivity contribution in [3.8, 4) is 6.07 Å². The molecule has 0 aliphatic carbocycles. The molecule has 0 atom stereocenters. The van der Waals surface area contributed by atoms with Crippen LogP contribution >= 0.6 is 0 Å². The van der Waals surface area contributed by atoms with Gasteiger partial charge in [-0.25, -0.2) is 0 Å². The first-order valence-electron chi connectivity index (χ1n) is 4.95. The van der Waals surface area contributed by atoms with E-state index in [0.717, 1.165) is 5.56 Å². The van der Waals surface area contributed by atoms with E-state index in [1.165, 1.54) is 12.0 Å². The van der Waals surface area contributed by atoms with Gasteiger partial charge in [0.25, 0.3) is 0 Å². The average Bonchev–Trinajstić information content (AvgIpc) is 2.30. The van der Waals surface area contributed by atoms with Gasteiger partial charge in [-0.05, 0) is 5.56 Å². The van der Waals surface area contributed by atoms with Crippen molar-refractivity contribution >= 4 is 5.91 Å². The minimum absolute atomic E-state index is 0.00845. The van der Waals surface area contributed by atoms with Gasteiger partial charge in [0.1, 0.15) is 13.2 Å². The number of rotatable bonds is 5. The Labute approximate surface area is 95.0 Å². The molecule has 16 heavy (non-hydrogen) atoms. The zero-order valence-corrected chi connectivity index (χ0v) is 9.22. The first-order chi connectivity index (χ1) is 7.77. The fraction of sp³-hybridized carbons (Fsp3) is 0.333. The molecule has 1 amide bonds. The second-order valence-corrected chi connectivity index (χ2v) is 3.33. The number of nitriles is 1. The van der Waals surface area contributed by atoms with Gasteiger partial charge < -0.3 is 9.64 Å². The quantitative estimate of drug-likeness (QED) is 0.697. The van der Waals surface area contributed by atoms with E-state index < -0.39 is 0 Å². The number of hydrogen-bond donors (Lipinski definition) is 0. The highest BCUT2D eigenvalue weighted by atomic mass is 16.5. The van der Waals surface area contributed by atoms with E-state index in [-0.39, 0.29) is 19.1 Å². The molecule has 0 fully saturated rings. The number of carbonyl (C=O) groups excluding carboxylic acids is 1. The molecule has 1 aromatic rings. The summed E-state index contributed by atoms with van der Waals surface area (Å²) in [6.45, 7) is 0.530. The van der Waals surface area contributed by atoms with E-state index in [1.807, 2.05) is 36.4 Å². The molecule has 0 N–H and O–H groups in total. The maximum Gasteiger partial charge on any atom is 0.249 e. The van der Waals surface area contributed by atoms with Crippen LogP contribution in [0.4, 0.5) is 0 Å². The fourth-order valence-electron chi connectivity index (χ4n) is 1.34. The standard InChI is InChI=1S/C12H14N2O2/c1-16-10-12(15)14(8-7-13)9-11-5-3-2-4-6-11/h2-6H,8-10H2,1H3. The molecule has 0 saturated heterocycles. The second-order valence-electron chi connectivity index (χ2n) is 3.33. The Bertz CT molecular complexity index is 370. The summed E-state index contributed by atoms with van der Waals surface area (Å²) in [5.74, 6) is -0.173. The number of carbonyl (C=O) groups is 1. The molecule has 0 aliphatic rings. The number of nitrogens with zero attached hydrogens (tertiary/aromatic N) is 2. The van der Waals surface area contributed by atoms with Crippen LogP contribution in [0.25, 0.3) is 0 Å². The van der Waals surface area contributed by atoms with Gasteiger partial charge in [0, 0.05) is 13.7 Å². The number of amides is 1. The summed E-state index contributed by atoms with van der Waals surface area (Å²) in [5.41, 5.74) is 1.00. The zero-order chi connectivity index (χ0) is 11.8. The molecule has 4 heteroatoms. The zero-order valence-electron chi connectivity index (χ0n) is 9.22. The molecule has 4 nitrogen and oxygen atoms in total. The summed E-state index contributed by atoms with van der Waals surface area (Å²) >= 11 is 0. The van der Waals surface area contributed by atoms with Crippen molar-refractivity contribution < 1.29 is 9.53 Å². The lowest BCUT2D eigenvalue weighted by Gasteiger charge is -2.19. The van der Waals surface area contributed by atoms with Crippen LogP contribution in [0.15, 0.2) is 30.3 Å². The Morgan fingerprint density at radius 1 is 1.44 bits per heavy atom. The van der Waals surface area contributed by atoms with Gasteiger partial charge in [-0.1, -0.05) is 30.3 Å². The van der Waals surface area contributed by atoms with Crippen LogP contribution in [0.2, 0.25) is 0 Å². The van der Waals surface area contributed by atoms with E-state index in [9.17, 15) is 4.79 Å². The first-order valence-corrected chi connectivity index (χ1v) is 4.95. The Morgan fingerprint density at radius 2 is 2.12 bits per heavy atom. The van der Waals surface area contributed by atoms with Crippen molar-refractivity contribution in [2.75, 3.05) is 20.3 Å². The van der Waals surface area contributed by atoms with Gasteiger partial charge in [0.2, 0.25) is 5.91 Å². The molecule has 84 valence electrons. The molecule has 0 unspecified atom stereocenters. The Hall–Kier alpha value is -1.86. The van der Waals surface area contributed by atoms with E-state index >= 15 is 0 Å². The van der Waals surface area contributed by atoms with E-state index in [0.29, 0.717) is 6.54 Å². The predicted molar refractivity (Wildman–Crippen MR) is 59.3 cm³/mol. The summed E-state index contributed by atoms with van der Waals surface area (Å²) in [4.78, 5) is 13.1. The number of benzene rings is 1. The monoisotopic (exact) mass is 218 g/mol. The number of methoxy groups -OCH3 is 1. The van der Waals surface area contributed by atoms with Crippen molar-refractivity contribution in [1.29, 1.82) is 5.26 Å². The van der Waals surface area contributed by atoms with Crippen LogP contribution in [0.3, 0.4) is 0 Å². The highest BCUT2D eigenvalue weighted by Crippen LogP contribution is 2.04. The maximum atomic E-state index is 11.6. The van der Waals surface area contributed by atoms with Crippen LogP contribution < -0.4 is 0 Å². The van der Waals surface area contributed by atoms with Gasteiger partial charge >= 0.3 is 0 Å². The summed E-state index contributed by atoms with van der Waals surface area (Å²) in [6.07, 6.45) is 0. The lowest BCUT2D eigenvalue weighted by atomic mass is 10.2. The topological polar surface area (TPSA) is 53.3 Å². The van der Waals surface area contributed by atoms with Gasteiger partial charge in [0.15, 0.2) is 0 Å². The van der Waals surface area contributed by atoms with Crippen molar-refractivity contribution in [1.82, 2.24) is 4.90 Å². The third-order valence-corrected chi connectivity index (χ3v) is 2.10. The highest BCUT2D eigenvalue weighted by molar-refractivity contribution is 5.77. The molecule has 0 heterocycles.